The maximum Gasteiger partial charge on any atom is 0.337 e. The van der Waals surface area contributed by atoms with E-state index in [1.54, 1.807) is 38.1 Å². The van der Waals surface area contributed by atoms with Crippen LogP contribution >= 0.6 is 11.3 Å². The molecule has 28 heavy (non-hydrogen) atoms. The van der Waals surface area contributed by atoms with E-state index in [0.29, 0.717) is 32.3 Å². The number of rotatable bonds is 7. The average Bonchev–Trinajstić information content (AvgIpc) is 3.02. The van der Waals surface area contributed by atoms with Gasteiger partial charge in [-0.15, -0.1) is 11.3 Å². The Labute approximate surface area is 166 Å². The fraction of sp³-hybridized carbons (Fsp3) is 0.263. The predicted octanol–water partition coefficient (Wildman–Crippen LogP) is 3.14. The van der Waals surface area contributed by atoms with Crippen molar-refractivity contribution in [3.8, 4) is 5.75 Å². The van der Waals surface area contributed by atoms with Gasteiger partial charge in [0.1, 0.15) is 16.6 Å². The highest BCUT2D eigenvalue weighted by atomic mass is 32.2. The number of ether oxygens (including phenoxy) is 1. The highest BCUT2D eigenvalue weighted by molar-refractivity contribution is 7.91. The summed E-state index contributed by atoms with van der Waals surface area (Å²) < 4.78 is 31.5. The molecule has 0 aliphatic heterocycles. The Bertz CT molecular complexity index is 1130. The van der Waals surface area contributed by atoms with Crippen LogP contribution in [0, 0.1) is 13.8 Å². The third-order valence-electron chi connectivity index (χ3n) is 4.24. The van der Waals surface area contributed by atoms with Gasteiger partial charge in [-0.1, -0.05) is 6.07 Å². The van der Waals surface area contributed by atoms with Crippen molar-refractivity contribution < 1.29 is 23.1 Å². The molecule has 0 bridgehead atoms. The van der Waals surface area contributed by atoms with Crippen molar-refractivity contribution in [1.29, 1.82) is 0 Å². The summed E-state index contributed by atoms with van der Waals surface area (Å²) in [4.78, 5) is 15.9. The molecule has 1 aromatic heterocycles. The monoisotopic (exact) mass is 420 g/mol. The molecule has 3 rings (SSSR count). The minimum absolute atomic E-state index is 0.136. The molecule has 0 amide bonds. The summed E-state index contributed by atoms with van der Waals surface area (Å²) in [7, 11) is -2.01. The molecule has 0 unspecified atom stereocenters. The van der Waals surface area contributed by atoms with E-state index >= 15 is 0 Å². The number of methoxy groups -OCH3 is 1. The van der Waals surface area contributed by atoms with E-state index < -0.39 is 15.8 Å². The number of hydrogen-bond donors (Lipinski definition) is 2. The fourth-order valence-electron chi connectivity index (χ4n) is 3.13. The lowest BCUT2D eigenvalue weighted by Crippen LogP contribution is -2.24. The van der Waals surface area contributed by atoms with Crippen LogP contribution in [0.25, 0.3) is 10.2 Å². The number of aromatic carboxylic acids is 1. The van der Waals surface area contributed by atoms with Gasteiger partial charge < -0.3 is 9.84 Å². The Morgan fingerprint density at radius 3 is 2.54 bits per heavy atom. The van der Waals surface area contributed by atoms with Gasteiger partial charge in [0.25, 0.3) is 0 Å². The quantitative estimate of drug-likeness (QED) is 0.605. The number of carboxylic acid groups (broad SMARTS) is 1. The number of benzene rings is 2. The Hall–Kier alpha value is -2.49. The molecule has 0 aliphatic rings. The van der Waals surface area contributed by atoms with Gasteiger partial charge in [0, 0.05) is 6.54 Å². The van der Waals surface area contributed by atoms with Crippen LogP contribution in [0.15, 0.2) is 35.2 Å². The largest absolute Gasteiger partial charge is 0.497 e. The van der Waals surface area contributed by atoms with Crippen LogP contribution in [-0.2, 0) is 16.4 Å². The first-order valence-electron chi connectivity index (χ1n) is 8.43. The Balaban J connectivity index is 1.77. The summed E-state index contributed by atoms with van der Waals surface area (Å²) >= 11 is 1.34. The molecule has 7 nitrogen and oxygen atoms in total. The zero-order valence-corrected chi connectivity index (χ0v) is 17.3. The molecule has 0 atom stereocenters. The molecule has 0 fully saturated rings. The maximum absolute atomic E-state index is 12.8. The van der Waals surface area contributed by atoms with Crippen molar-refractivity contribution in [1.82, 2.24) is 10.3 Å². The first-order valence-corrected chi connectivity index (χ1v) is 10.9. The number of nitrogens with one attached hydrogen (secondary N) is 1. The number of carbonyl (C=O) groups is 1. The standard InChI is InChI=1S/C19H20N2O5S2/c1-11-7-13(26-3)8-12(2)18(11)28(24,25)10-20-9-16-21-17-14(19(22)23)5-4-6-15(17)27-16/h4-8,20H,9-10H2,1-3H3,(H,22,23). The van der Waals surface area contributed by atoms with Gasteiger partial charge in [-0.3, -0.25) is 5.32 Å². The number of thiazole rings is 1. The molecule has 0 aliphatic carbocycles. The third kappa shape index (κ3) is 4.01. The van der Waals surface area contributed by atoms with E-state index in [4.69, 9.17) is 4.74 Å². The van der Waals surface area contributed by atoms with Gasteiger partial charge in [0.2, 0.25) is 0 Å². The normalized spacial score (nSPS) is 11.7. The molecule has 0 saturated heterocycles. The molecule has 2 aromatic carbocycles. The number of fused-ring (bicyclic) bond motifs is 1. The van der Waals surface area contributed by atoms with Crippen molar-refractivity contribution >= 4 is 37.4 Å². The van der Waals surface area contributed by atoms with Gasteiger partial charge in [-0.2, -0.15) is 0 Å². The summed E-state index contributed by atoms with van der Waals surface area (Å²) in [5.74, 6) is -0.669. The highest BCUT2D eigenvalue weighted by Gasteiger charge is 2.21. The molecule has 9 heteroatoms. The zero-order valence-electron chi connectivity index (χ0n) is 15.6. The van der Waals surface area contributed by atoms with E-state index in [0.717, 1.165) is 4.70 Å². The Morgan fingerprint density at radius 2 is 1.93 bits per heavy atom. The third-order valence-corrected chi connectivity index (χ3v) is 7.11. The molecule has 0 radical (unpaired) electrons. The molecule has 0 saturated carbocycles. The maximum atomic E-state index is 12.8. The van der Waals surface area contributed by atoms with Crippen LogP contribution in [0.2, 0.25) is 0 Å². The number of aryl methyl sites for hydroxylation is 2. The topological polar surface area (TPSA) is 106 Å². The SMILES string of the molecule is COc1cc(C)c(S(=O)(=O)CNCc2nc3c(C(=O)O)cccc3s2)c(C)c1. The summed E-state index contributed by atoms with van der Waals surface area (Å²) in [5.41, 5.74) is 1.81. The summed E-state index contributed by atoms with van der Waals surface area (Å²) in [5, 5.41) is 12.8. The number of sulfone groups is 1. The molecular weight excluding hydrogens is 400 g/mol. The van der Waals surface area contributed by atoms with Crippen molar-refractivity contribution in [2.45, 2.75) is 25.3 Å². The van der Waals surface area contributed by atoms with Crippen LogP contribution in [0.5, 0.6) is 5.75 Å². The number of carboxylic acids is 1. The second-order valence-electron chi connectivity index (χ2n) is 6.34. The molecular formula is C19H20N2O5S2. The van der Waals surface area contributed by atoms with Gasteiger partial charge in [-0.05, 0) is 49.2 Å². The van der Waals surface area contributed by atoms with E-state index in [-0.39, 0.29) is 18.0 Å². The van der Waals surface area contributed by atoms with E-state index in [1.165, 1.54) is 24.5 Å². The van der Waals surface area contributed by atoms with E-state index in [2.05, 4.69) is 10.3 Å². The van der Waals surface area contributed by atoms with Crippen LogP contribution in [0.4, 0.5) is 0 Å². The minimum atomic E-state index is -3.55. The lowest BCUT2D eigenvalue weighted by Gasteiger charge is -2.13. The number of aromatic nitrogens is 1. The second kappa shape index (κ2) is 7.86. The second-order valence-corrected chi connectivity index (χ2v) is 9.38. The summed E-state index contributed by atoms with van der Waals surface area (Å²) in [6, 6.07) is 8.35. The summed E-state index contributed by atoms with van der Waals surface area (Å²) in [6.07, 6.45) is 0. The Kier molecular flexibility index (Phi) is 5.69. The first-order chi connectivity index (χ1) is 13.2. The summed E-state index contributed by atoms with van der Waals surface area (Å²) in [6.45, 7) is 3.71. The van der Waals surface area contributed by atoms with E-state index in [9.17, 15) is 18.3 Å². The number of nitrogens with zero attached hydrogens (tertiary/aromatic N) is 1. The van der Waals surface area contributed by atoms with Gasteiger partial charge in [0.15, 0.2) is 9.84 Å². The van der Waals surface area contributed by atoms with Crippen molar-refractivity contribution in [2.24, 2.45) is 0 Å². The lowest BCUT2D eigenvalue weighted by atomic mass is 10.1. The average molecular weight is 421 g/mol. The molecule has 148 valence electrons. The van der Waals surface area contributed by atoms with E-state index in [1.807, 2.05) is 0 Å². The molecule has 3 aromatic rings. The van der Waals surface area contributed by atoms with Crippen LogP contribution in [0.3, 0.4) is 0 Å². The predicted molar refractivity (Wildman–Crippen MR) is 108 cm³/mol. The van der Waals surface area contributed by atoms with Crippen LogP contribution < -0.4 is 10.1 Å². The van der Waals surface area contributed by atoms with Gasteiger partial charge >= 0.3 is 5.97 Å². The van der Waals surface area contributed by atoms with Crippen LogP contribution in [0.1, 0.15) is 26.5 Å². The first kappa shape index (κ1) is 20.2. The lowest BCUT2D eigenvalue weighted by molar-refractivity contribution is 0.0699. The minimum Gasteiger partial charge on any atom is -0.497 e. The molecule has 1 heterocycles. The van der Waals surface area contributed by atoms with Crippen molar-refractivity contribution in [3.05, 3.63) is 52.0 Å². The van der Waals surface area contributed by atoms with Crippen molar-refractivity contribution in [3.63, 3.8) is 0 Å². The van der Waals surface area contributed by atoms with Gasteiger partial charge in [0.05, 0.1) is 27.8 Å². The zero-order chi connectivity index (χ0) is 20.5. The smallest absolute Gasteiger partial charge is 0.337 e. The molecule has 0 spiro atoms. The van der Waals surface area contributed by atoms with Gasteiger partial charge in [-0.25, -0.2) is 18.2 Å². The highest BCUT2D eigenvalue weighted by Crippen LogP contribution is 2.27. The fourth-order valence-corrected chi connectivity index (χ4v) is 5.70. The Morgan fingerprint density at radius 1 is 1.25 bits per heavy atom. The van der Waals surface area contributed by atoms with Crippen LogP contribution in [-0.4, -0.2) is 37.5 Å². The van der Waals surface area contributed by atoms with Crippen molar-refractivity contribution in [2.75, 3.05) is 13.0 Å². The number of para-hydroxylation sites is 1. The number of hydrogen-bond acceptors (Lipinski definition) is 7. The molecule has 2 N–H and O–H groups in total.